The van der Waals surface area contributed by atoms with Crippen LogP contribution in [-0.2, 0) is 0 Å². The van der Waals surface area contributed by atoms with Gasteiger partial charge in [-0.3, -0.25) is 4.79 Å². The summed E-state index contributed by atoms with van der Waals surface area (Å²) < 4.78 is 6.19. The molecule has 100 valence electrons. The molecule has 1 amide bonds. The van der Waals surface area contributed by atoms with Crippen LogP contribution in [0.25, 0.3) is 0 Å². The molecular weight excluding hydrogens is 305 g/mol. The quantitative estimate of drug-likeness (QED) is 0.887. The normalized spacial score (nSPS) is 10.3. The van der Waals surface area contributed by atoms with Crippen molar-refractivity contribution in [1.82, 2.24) is 0 Å². The highest BCUT2D eigenvalue weighted by Crippen LogP contribution is 2.31. The van der Waals surface area contributed by atoms with Crippen molar-refractivity contribution in [3.8, 4) is 5.75 Å². The van der Waals surface area contributed by atoms with Crippen LogP contribution in [0.1, 0.15) is 17.3 Å². The largest absolute Gasteiger partial charge is 0.494 e. The molecule has 0 aliphatic rings. The van der Waals surface area contributed by atoms with E-state index >= 15 is 0 Å². The van der Waals surface area contributed by atoms with Crippen molar-refractivity contribution in [1.29, 1.82) is 0 Å². The van der Waals surface area contributed by atoms with Crippen LogP contribution in [0.2, 0.25) is 8.67 Å². The van der Waals surface area contributed by atoms with Gasteiger partial charge in [0.2, 0.25) is 0 Å². The van der Waals surface area contributed by atoms with Crippen molar-refractivity contribution < 1.29 is 9.53 Å². The summed E-state index contributed by atoms with van der Waals surface area (Å²) in [5, 5.41) is 2.75. The van der Waals surface area contributed by atoms with Gasteiger partial charge < -0.3 is 10.1 Å². The Balaban J connectivity index is 2.08. The van der Waals surface area contributed by atoms with E-state index < -0.39 is 0 Å². The maximum Gasteiger partial charge on any atom is 0.258 e. The number of ether oxygens (including phenoxy) is 1. The number of nitrogens with one attached hydrogen (secondary N) is 1. The molecule has 0 aliphatic heterocycles. The molecule has 0 aliphatic carbocycles. The Hall–Kier alpha value is -1.23. The monoisotopic (exact) mass is 315 g/mol. The molecule has 2 rings (SSSR count). The molecule has 1 heterocycles. The van der Waals surface area contributed by atoms with E-state index in [0.29, 0.717) is 26.5 Å². The predicted octanol–water partition coefficient (Wildman–Crippen LogP) is 4.71. The molecule has 0 saturated heterocycles. The topological polar surface area (TPSA) is 38.3 Å². The number of anilines is 1. The number of amides is 1. The van der Waals surface area contributed by atoms with E-state index in [-0.39, 0.29) is 5.91 Å². The van der Waals surface area contributed by atoms with Crippen LogP contribution in [0, 0.1) is 0 Å². The second kappa shape index (κ2) is 6.28. The minimum atomic E-state index is -0.280. The predicted molar refractivity (Wildman–Crippen MR) is 79.9 cm³/mol. The van der Waals surface area contributed by atoms with Gasteiger partial charge in [0.05, 0.1) is 16.5 Å². The number of carbonyl (C=O) groups is 1. The lowest BCUT2D eigenvalue weighted by Crippen LogP contribution is -2.11. The zero-order valence-corrected chi connectivity index (χ0v) is 12.4. The average Bonchev–Trinajstić information content (AvgIpc) is 2.71. The third-order valence-electron chi connectivity index (χ3n) is 2.32. The third kappa shape index (κ3) is 3.62. The fourth-order valence-electron chi connectivity index (χ4n) is 1.49. The molecule has 1 aromatic heterocycles. The van der Waals surface area contributed by atoms with E-state index in [0.717, 1.165) is 5.75 Å². The van der Waals surface area contributed by atoms with Gasteiger partial charge in [-0.2, -0.15) is 0 Å². The van der Waals surface area contributed by atoms with Gasteiger partial charge in [0, 0.05) is 5.69 Å². The number of halogens is 2. The number of carbonyl (C=O) groups excluding carboxylic acids is 1. The molecule has 0 saturated carbocycles. The summed E-state index contributed by atoms with van der Waals surface area (Å²) >= 11 is 12.9. The Bertz CT molecular complexity index is 581. The Morgan fingerprint density at radius 1 is 1.32 bits per heavy atom. The zero-order valence-electron chi connectivity index (χ0n) is 10.1. The van der Waals surface area contributed by atoms with E-state index in [1.54, 1.807) is 30.3 Å². The Morgan fingerprint density at radius 2 is 2.00 bits per heavy atom. The zero-order chi connectivity index (χ0) is 13.8. The minimum absolute atomic E-state index is 0.280. The highest BCUT2D eigenvalue weighted by Gasteiger charge is 2.14. The second-order valence-electron chi connectivity index (χ2n) is 3.65. The molecule has 0 radical (unpaired) electrons. The summed E-state index contributed by atoms with van der Waals surface area (Å²) in [5.74, 6) is 0.481. The van der Waals surface area contributed by atoms with Crippen molar-refractivity contribution >= 4 is 46.1 Å². The fourth-order valence-corrected chi connectivity index (χ4v) is 2.95. The van der Waals surface area contributed by atoms with E-state index in [1.165, 1.54) is 11.3 Å². The van der Waals surface area contributed by atoms with Crippen molar-refractivity contribution in [2.24, 2.45) is 0 Å². The van der Waals surface area contributed by atoms with Crippen LogP contribution in [0.4, 0.5) is 5.69 Å². The number of rotatable bonds is 4. The highest BCUT2D eigenvalue weighted by atomic mass is 35.5. The van der Waals surface area contributed by atoms with Gasteiger partial charge in [-0.25, -0.2) is 0 Å². The molecule has 0 bridgehead atoms. The maximum atomic E-state index is 12.0. The molecule has 3 nitrogen and oxygen atoms in total. The Kier molecular flexibility index (Phi) is 4.69. The van der Waals surface area contributed by atoms with Crippen molar-refractivity contribution in [3.63, 3.8) is 0 Å². The molecule has 1 N–H and O–H groups in total. The van der Waals surface area contributed by atoms with Crippen molar-refractivity contribution in [2.45, 2.75) is 6.92 Å². The summed E-state index contributed by atoms with van der Waals surface area (Å²) in [4.78, 5) is 12.0. The smallest absolute Gasteiger partial charge is 0.258 e. The van der Waals surface area contributed by atoms with Crippen LogP contribution >= 0.6 is 34.5 Å². The maximum absolute atomic E-state index is 12.0. The molecule has 1 aromatic carbocycles. The molecule has 2 aromatic rings. The van der Waals surface area contributed by atoms with Crippen LogP contribution in [-0.4, -0.2) is 12.5 Å². The van der Waals surface area contributed by atoms with Gasteiger partial charge in [-0.1, -0.05) is 23.2 Å². The fraction of sp³-hybridized carbons (Fsp3) is 0.154. The van der Waals surface area contributed by atoms with Gasteiger partial charge >= 0.3 is 0 Å². The van der Waals surface area contributed by atoms with E-state index in [2.05, 4.69) is 5.32 Å². The summed E-state index contributed by atoms with van der Waals surface area (Å²) in [6.07, 6.45) is 0. The van der Waals surface area contributed by atoms with E-state index in [9.17, 15) is 4.79 Å². The third-order valence-corrected chi connectivity index (χ3v) is 3.81. The highest BCUT2D eigenvalue weighted by molar-refractivity contribution is 7.20. The van der Waals surface area contributed by atoms with Crippen LogP contribution in [0.15, 0.2) is 30.3 Å². The lowest BCUT2D eigenvalue weighted by atomic mass is 10.2. The summed E-state index contributed by atoms with van der Waals surface area (Å²) in [6.45, 7) is 2.52. The van der Waals surface area contributed by atoms with Gasteiger partial charge in [0.25, 0.3) is 5.91 Å². The standard InChI is InChI=1S/C13H11Cl2NO2S/c1-2-18-9-5-3-8(4-6-9)16-13(17)10-7-11(14)19-12(10)15/h3-7H,2H2,1H3,(H,16,17). The van der Waals surface area contributed by atoms with Crippen LogP contribution in [0.5, 0.6) is 5.75 Å². The lowest BCUT2D eigenvalue weighted by Gasteiger charge is -2.06. The van der Waals surface area contributed by atoms with Crippen molar-refractivity contribution in [3.05, 3.63) is 44.6 Å². The molecule has 6 heteroatoms. The number of hydrogen-bond donors (Lipinski definition) is 1. The Morgan fingerprint density at radius 3 is 2.53 bits per heavy atom. The first-order valence-corrected chi connectivity index (χ1v) is 7.16. The van der Waals surface area contributed by atoms with E-state index in [1.807, 2.05) is 6.92 Å². The lowest BCUT2D eigenvalue weighted by molar-refractivity contribution is 0.102. The molecule has 0 spiro atoms. The summed E-state index contributed by atoms with van der Waals surface area (Å²) in [5.41, 5.74) is 1.05. The SMILES string of the molecule is CCOc1ccc(NC(=O)c2cc(Cl)sc2Cl)cc1. The van der Waals surface area contributed by atoms with Gasteiger partial charge in [-0.05, 0) is 37.3 Å². The van der Waals surface area contributed by atoms with Gasteiger partial charge in [0.15, 0.2) is 0 Å². The first kappa shape index (κ1) is 14.2. The van der Waals surface area contributed by atoms with E-state index in [4.69, 9.17) is 27.9 Å². The summed E-state index contributed by atoms with van der Waals surface area (Å²) in [6, 6.07) is 8.68. The molecule has 0 atom stereocenters. The molecule has 0 fully saturated rings. The number of benzene rings is 1. The van der Waals surface area contributed by atoms with Crippen LogP contribution in [0.3, 0.4) is 0 Å². The first-order chi connectivity index (χ1) is 9.10. The van der Waals surface area contributed by atoms with Gasteiger partial charge in [-0.15, -0.1) is 11.3 Å². The molecule has 0 unspecified atom stereocenters. The average molecular weight is 316 g/mol. The number of hydrogen-bond acceptors (Lipinski definition) is 3. The first-order valence-electron chi connectivity index (χ1n) is 5.59. The minimum Gasteiger partial charge on any atom is -0.494 e. The number of thiophene rings is 1. The van der Waals surface area contributed by atoms with Crippen LogP contribution < -0.4 is 10.1 Å². The van der Waals surface area contributed by atoms with Gasteiger partial charge in [0.1, 0.15) is 10.1 Å². The van der Waals surface area contributed by atoms with Crippen molar-refractivity contribution in [2.75, 3.05) is 11.9 Å². The summed E-state index contributed by atoms with van der Waals surface area (Å²) in [7, 11) is 0. The Labute approximate surface area is 125 Å². The molecular formula is C13H11Cl2NO2S. The second-order valence-corrected chi connectivity index (χ2v) is 5.93. The molecule has 19 heavy (non-hydrogen) atoms.